The van der Waals surface area contributed by atoms with E-state index < -0.39 is 17.9 Å². The van der Waals surface area contributed by atoms with Crippen molar-refractivity contribution in [3.63, 3.8) is 0 Å². The van der Waals surface area contributed by atoms with Gasteiger partial charge in [-0.25, -0.2) is 9.78 Å². The van der Waals surface area contributed by atoms with Crippen molar-refractivity contribution in [3.05, 3.63) is 23.5 Å². The van der Waals surface area contributed by atoms with E-state index in [0.29, 0.717) is 17.8 Å². The zero-order chi connectivity index (χ0) is 15.4. The Morgan fingerprint density at radius 2 is 2.29 bits per heavy atom. The van der Waals surface area contributed by atoms with E-state index in [1.54, 1.807) is 29.5 Å². The van der Waals surface area contributed by atoms with Crippen LogP contribution >= 0.6 is 11.3 Å². The summed E-state index contributed by atoms with van der Waals surface area (Å²) in [6.07, 6.45) is 4.53. The molecule has 0 fully saturated rings. The predicted molar refractivity (Wildman–Crippen MR) is 78.1 cm³/mol. The molecule has 2 rings (SSSR count). The number of aryl methyl sites for hydroxylation is 1. The van der Waals surface area contributed by atoms with Gasteiger partial charge in [-0.2, -0.15) is 5.10 Å². The normalized spacial score (nSPS) is 12.1. The number of hydrogen-bond acceptors (Lipinski definition) is 5. The molecule has 1 amide bonds. The molecule has 2 N–H and O–H groups in total. The topological polar surface area (TPSA) is 97.1 Å². The summed E-state index contributed by atoms with van der Waals surface area (Å²) in [5.41, 5.74) is 1.05. The molecule has 8 heteroatoms. The number of nitrogens with one attached hydrogen (secondary N) is 1. The fraction of sp³-hybridized carbons (Fsp3) is 0.385. The van der Waals surface area contributed by atoms with Crippen LogP contribution in [-0.2, 0) is 11.8 Å². The largest absolute Gasteiger partial charge is 0.480 e. The highest BCUT2D eigenvalue weighted by Gasteiger charge is 2.21. The van der Waals surface area contributed by atoms with Crippen molar-refractivity contribution in [2.75, 3.05) is 0 Å². The van der Waals surface area contributed by atoms with Gasteiger partial charge in [-0.15, -0.1) is 11.3 Å². The highest BCUT2D eigenvalue weighted by molar-refractivity contribution is 7.13. The molecule has 0 radical (unpaired) electrons. The number of carboxylic acid groups (broad SMARTS) is 1. The summed E-state index contributed by atoms with van der Waals surface area (Å²) in [7, 11) is 1.80. The highest BCUT2D eigenvalue weighted by atomic mass is 32.1. The van der Waals surface area contributed by atoms with Crippen molar-refractivity contribution < 1.29 is 14.7 Å². The summed E-state index contributed by atoms with van der Waals surface area (Å²) in [6, 6.07) is -0.883. The molecule has 1 atom stereocenters. The Labute approximate surface area is 125 Å². The van der Waals surface area contributed by atoms with Gasteiger partial charge in [0.05, 0.1) is 6.20 Å². The molecule has 0 spiro atoms. The Morgan fingerprint density at radius 1 is 1.52 bits per heavy atom. The number of aliphatic carboxylic acids is 1. The third-order valence-electron chi connectivity index (χ3n) is 2.87. The van der Waals surface area contributed by atoms with E-state index in [2.05, 4.69) is 15.4 Å². The summed E-state index contributed by atoms with van der Waals surface area (Å²) >= 11 is 1.32. The fourth-order valence-corrected chi connectivity index (χ4v) is 2.60. The molecule has 0 saturated heterocycles. The molecular weight excluding hydrogens is 292 g/mol. The summed E-state index contributed by atoms with van der Waals surface area (Å²) in [6.45, 7) is 1.87. The highest BCUT2D eigenvalue weighted by Crippen LogP contribution is 2.22. The van der Waals surface area contributed by atoms with Crippen molar-refractivity contribution in [1.82, 2.24) is 20.1 Å². The summed E-state index contributed by atoms with van der Waals surface area (Å²) < 4.78 is 1.65. The van der Waals surface area contributed by atoms with Crippen LogP contribution in [0, 0.1) is 0 Å². The Bertz CT molecular complexity index is 649. The predicted octanol–water partition coefficient (Wildman–Crippen LogP) is 1.53. The molecule has 2 heterocycles. The average Bonchev–Trinajstić information content (AvgIpc) is 3.06. The van der Waals surface area contributed by atoms with Crippen molar-refractivity contribution in [3.8, 4) is 10.6 Å². The summed E-state index contributed by atoms with van der Waals surface area (Å²) in [5.74, 6) is -1.50. The Kier molecular flexibility index (Phi) is 4.69. The van der Waals surface area contributed by atoms with Crippen LogP contribution in [0.3, 0.4) is 0 Å². The van der Waals surface area contributed by atoms with Crippen LogP contribution in [0.2, 0.25) is 0 Å². The molecule has 2 aromatic rings. The van der Waals surface area contributed by atoms with Gasteiger partial charge in [-0.05, 0) is 6.42 Å². The number of nitrogens with zero attached hydrogens (tertiary/aromatic N) is 3. The van der Waals surface area contributed by atoms with E-state index in [4.69, 9.17) is 5.11 Å². The van der Waals surface area contributed by atoms with Crippen LogP contribution in [0.15, 0.2) is 17.8 Å². The van der Waals surface area contributed by atoms with Gasteiger partial charge in [0.1, 0.15) is 16.7 Å². The van der Waals surface area contributed by atoms with Gasteiger partial charge >= 0.3 is 5.97 Å². The first-order valence-corrected chi connectivity index (χ1v) is 7.37. The second-order valence-corrected chi connectivity index (χ2v) is 5.45. The van der Waals surface area contributed by atoms with E-state index >= 15 is 0 Å². The zero-order valence-electron chi connectivity index (χ0n) is 11.7. The van der Waals surface area contributed by atoms with Crippen molar-refractivity contribution >= 4 is 23.2 Å². The molecule has 112 valence electrons. The number of carbonyl (C=O) groups excluding carboxylic acids is 1. The zero-order valence-corrected chi connectivity index (χ0v) is 12.6. The smallest absolute Gasteiger partial charge is 0.326 e. The van der Waals surface area contributed by atoms with Gasteiger partial charge in [-0.1, -0.05) is 13.3 Å². The van der Waals surface area contributed by atoms with Gasteiger partial charge in [0.15, 0.2) is 0 Å². The lowest BCUT2D eigenvalue weighted by atomic mass is 10.1. The Hall–Kier alpha value is -2.22. The average molecular weight is 308 g/mol. The van der Waals surface area contributed by atoms with Crippen LogP contribution in [0.25, 0.3) is 10.6 Å². The second kappa shape index (κ2) is 6.49. The molecule has 0 saturated carbocycles. The fourth-order valence-electron chi connectivity index (χ4n) is 1.82. The van der Waals surface area contributed by atoms with Crippen LogP contribution in [-0.4, -0.2) is 37.8 Å². The quantitative estimate of drug-likeness (QED) is 0.843. The minimum Gasteiger partial charge on any atom is -0.480 e. The van der Waals surface area contributed by atoms with Gasteiger partial charge in [0, 0.05) is 24.2 Å². The SMILES string of the molecule is CCCC(NC(=O)c1csc(-c2cnn(C)c2)n1)C(=O)O. The van der Waals surface area contributed by atoms with E-state index in [9.17, 15) is 9.59 Å². The molecule has 0 aromatic carbocycles. The molecule has 7 nitrogen and oxygen atoms in total. The molecule has 0 aliphatic carbocycles. The first kappa shape index (κ1) is 15.2. The summed E-state index contributed by atoms with van der Waals surface area (Å²) in [5, 5.41) is 17.9. The monoisotopic (exact) mass is 308 g/mol. The second-order valence-electron chi connectivity index (χ2n) is 4.59. The van der Waals surface area contributed by atoms with Crippen molar-refractivity contribution in [2.24, 2.45) is 7.05 Å². The maximum atomic E-state index is 12.0. The molecule has 2 aromatic heterocycles. The molecule has 21 heavy (non-hydrogen) atoms. The van der Waals surface area contributed by atoms with E-state index in [0.717, 1.165) is 5.56 Å². The van der Waals surface area contributed by atoms with E-state index in [1.807, 2.05) is 6.92 Å². The molecule has 0 bridgehead atoms. The van der Waals surface area contributed by atoms with Gasteiger partial charge in [0.2, 0.25) is 0 Å². The standard InChI is InChI=1S/C13H16N4O3S/c1-3-4-9(13(19)20)15-11(18)10-7-21-12(16-10)8-5-14-17(2)6-8/h5-7,9H,3-4H2,1-2H3,(H,15,18)(H,19,20). The third-order valence-corrected chi connectivity index (χ3v) is 3.76. The van der Waals surface area contributed by atoms with Gasteiger partial charge < -0.3 is 10.4 Å². The number of carbonyl (C=O) groups is 2. The van der Waals surface area contributed by atoms with Crippen molar-refractivity contribution in [2.45, 2.75) is 25.8 Å². The number of amides is 1. The maximum absolute atomic E-state index is 12.0. The van der Waals surface area contributed by atoms with Crippen molar-refractivity contribution in [1.29, 1.82) is 0 Å². The van der Waals surface area contributed by atoms with Crippen LogP contribution < -0.4 is 5.32 Å². The molecule has 0 aliphatic rings. The Morgan fingerprint density at radius 3 is 2.86 bits per heavy atom. The van der Waals surface area contributed by atoms with Crippen LogP contribution in [0.5, 0.6) is 0 Å². The number of carboxylic acids is 1. The van der Waals surface area contributed by atoms with Gasteiger partial charge in [0.25, 0.3) is 5.91 Å². The van der Waals surface area contributed by atoms with Crippen LogP contribution in [0.1, 0.15) is 30.3 Å². The first-order chi connectivity index (χ1) is 10.0. The maximum Gasteiger partial charge on any atom is 0.326 e. The van der Waals surface area contributed by atoms with Gasteiger partial charge in [-0.3, -0.25) is 9.48 Å². The first-order valence-electron chi connectivity index (χ1n) is 6.49. The minimum atomic E-state index is -1.03. The lowest BCUT2D eigenvalue weighted by Crippen LogP contribution is -2.40. The Balaban J connectivity index is 2.10. The number of hydrogen-bond donors (Lipinski definition) is 2. The number of thiazole rings is 1. The molecular formula is C13H16N4O3S. The lowest BCUT2D eigenvalue weighted by molar-refractivity contribution is -0.139. The lowest BCUT2D eigenvalue weighted by Gasteiger charge is -2.12. The van der Waals surface area contributed by atoms with E-state index in [-0.39, 0.29) is 5.69 Å². The van der Waals surface area contributed by atoms with E-state index in [1.165, 1.54) is 11.3 Å². The number of aromatic nitrogens is 3. The summed E-state index contributed by atoms with van der Waals surface area (Å²) in [4.78, 5) is 27.3. The molecule has 1 unspecified atom stereocenters. The van der Waals surface area contributed by atoms with Crippen LogP contribution in [0.4, 0.5) is 0 Å². The molecule has 0 aliphatic heterocycles. The number of rotatable bonds is 6. The third kappa shape index (κ3) is 3.66. The minimum absolute atomic E-state index is 0.223.